The average Bonchev–Trinajstić information content (AvgIpc) is 2.27. The third-order valence-electron chi connectivity index (χ3n) is 1.90. The lowest BCUT2D eigenvalue weighted by Gasteiger charge is -2.09. The van der Waals surface area contributed by atoms with Gasteiger partial charge >= 0.3 is 12.1 Å². The third-order valence-corrected chi connectivity index (χ3v) is 1.90. The van der Waals surface area contributed by atoms with Crippen molar-refractivity contribution in [2.45, 2.75) is 12.6 Å². The summed E-state index contributed by atoms with van der Waals surface area (Å²) in [6, 6.07) is 5.79. The molecule has 0 fully saturated rings. The first-order chi connectivity index (χ1) is 7.90. The van der Waals surface area contributed by atoms with Crippen LogP contribution in [0.25, 0.3) is 0 Å². The maximum absolute atomic E-state index is 11.9. The van der Waals surface area contributed by atoms with Crippen LogP contribution in [0.3, 0.4) is 0 Å². The minimum Gasteiger partial charge on any atom is -0.484 e. The molecule has 0 saturated carbocycles. The Morgan fingerprint density at radius 3 is 2.29 bits per heavy atom. The topological polar surface area (TPSA) is 35.5 Å². The monoisotopic (exact) mass is 248 g/mol. The summed E-state index contributed by atoms with van der Waals surface area (Å²) in [6.45, 7) is -1.33. The molecule has 0 aliphatic rings. The van der Waals surface area contributed by atoms with Crippen LogP contribution in [0.15, 0.2) is 24.3 Å². The second-order valence-corrected chi connectivity index (χ2v) is 3.30. The zero-order valence-electron chi connectivity index (χ0n) is 9.08. The number of alkyl halides is 3. The van der Waals surface area contributed by atoms with Gasteiger partial charge in [0.2, 0.25) is 0 Å². The number of methoxy groups -OCH3 is 1. The summed E-state index contributed by atoms with van der Waals surface area (Å²) in [5.41, 5.74) is 0.649. The van der Waals surface area contributed by atoms with Gasteiger partial charge in [0.25, 0.3) is 0 Å². The fraction of sp³-hybridized carbons (Fsp3) is 0.364. The number of carbonyl (C=O) groups excluding carboxylic acids is 1. The van der Waals surface area contributed by atoms with Gasteiger partial charge in [0.15, 0.2) is 6.61 Å². The third kappa shape index (κ3) is 5.24. The highest BCUT2D eigenvalue weighted by Crippen LogP contribution is 2.18. The van der Waals surface area contributed by atoms with Crippen molar-refractivity contribution in [3.63, 3.8) is 0 Å². The van der Waals surface area contributed by atoms with Crippen molar-refractivity contribution in [2.24, 2.45) is 0 Å². The molecule has 3 nitrogen and oxygen atoms in total. The Labute approximate surface area is 96.1 Å². The van der Waals surface area contributed by atoms with E-state index < -0.39 is 18.8 Å². The highest BCUT2D eigenvalue weighted by molar-refractivity contribution is 5.72. The van der Waals surface area contributed by atoms with Crippen LogP contribution in [0.2, 0.25) is 0 Å². The average molecular weight is 248 g/mol. The first-order valence-corrected chi connectivity index (χ1v) is 4.76. The van der Waals surface area contributed by atoms with Crippen LogP contribution in [-0.4, -0.2) is 25.9 Å². The summed E-state index contributed by atoms with van der Waals surface area (Å²) in [5, 5.41) is 0. The van der Waals surface area contributed by atoms with E-state index in [9.17, 15) is 18.0 Å². The number of benzene rings is 1. The Bertz CT molecular complexity index is 371. The SMILES string of the molecule is COC(=O)Cc1ccc(OCC(F)(F)F)cc1. The fourth-order valence-corrected chi connectivity index (χ4v) is 1.11. The van der Waals surface area contributed by atoms with Crippen molar-refractivity contribution in [1.82, 2.24) is 0 Å². The van der Waals surface area contributed by atoms with E-state index in [0.29, 0.717) is 5.56 Å². The van der Waals surface area contributed by atoms with E-state index in [-0.39, 0.29) is 12.2 Å². The molecule has 94 valence electrons. The number of rotatable bonds is 4. The van der Waals surface area contributed by atoms with Gasteiger partial charge in [0.05, 0.1) is 13.5 Å². The molecule has 1 aromatic carbocycles. The van der Waals surface area contributed by atoms with E-state index in [1.54, 1.807) is 0 Å². The van der Waals surface area contributed by atoms with Crippen molar-refractivity contribution in [3.8, 4) is 5.75 Å². The van der Waals surface area contributed by atoms with Gasteiger partial charge in [-0.25, -0.2) is 0 Å². The first-order valence-electron chi connectivity index (χ1n) is 4.76. The van der Waals surface area contributed by atoms with E-state index in [4.69, 9.17) is 0 Å². The van der Waals surface area contributed by atoms with Crippen LogP contribution in [0.4, 0.5) is 13.2 Å². The molecule has 0 aliphatic carbocycles. The van der Waals surface area contributed by atoms with Gasteiger partial charge in [0.1, 0.15) is 5.75 Å². The lowest BCUT2D eigenvalue weighted by atomic mass is 10.1. The zero-order valence-corrected chi connectivity index (χ0v) is 9.08. The number of carbonyl (C=O) groups is 1. The van der Waals surface area contributed by atoms with Crippen LogP contribution in [0.1, 0.15) is 5.56 Å². The predicted molar refractivity (Wildman–Crippen MR) is 53.7 cm³/mol. The number of hydrogen-bond donors (Lipinski definition) is 0. The number of hydrogen-bond acceptors (Lipinski definition) is 3. The summed E-state index contributed by atoms with van der Waals surface area (Å²) in [7, 11) is 1.27. The molecule has 0 aliphatic heterocycles. The highest BCUT2D eigenvalue weighted by atomic mass is 19.4. The Morgan fingerprint density at radius 2 is 1.82 bits per heavy atom. The van der Waals surface area contributed by atoms with Crippen molar-refractivity contribution < 1.29 is 27.4 Å². The van der Waals surface area contributed by atoms with Gasteiger partial charge in [-0.05, 0) is 17.7 Å². The van der Waals surface area contributed by atoms with Crippen LogP contribution in [0.5, 0.6) is 5.75 Å². The minimum atomic E-state index is -4.36. The molecule has 0 radical (unpaired) electrons. The quantitative estimate of drug-likeness (QED) is 0.767. The van der Waals surface area contributed by atoms with E-state index in [1.807, 2.05) is 0 Å². The molecule has 0 spiro atoms. The molecule has 0 bridgehead atoms. The maximum Gasteiger partial charge on any atom is 0.422 e. The lowest BCUT2D eigenvalue weighted by Crippen LogP contribution is -2.19. The van der Waals surface area contributed by atoms with Crippen molar-refractivity contribution >= 4 is 5.97 Å². The van der Waals surface area contributed by atoms with E-state index in [1.165, 1.54) is 31.4 Å². The summed E-state index contributed by atoms with van der Waals surface area (Å²) >= 11 is 0. The summed E-state index contributed by atoms with van der Waals surface area (Å²) in [5.74, 6) is -0.301. The molecule has 6 heteroatoms. The van der Waals surface area contributed by atoms with Crippen LogP contribution >= 0.6 is 0 Å². The van der Waals surface area contributed by atoms with Gasteiger partial charge in [-0.3, -0.25) is 4.79 Å². The smallest absolute Gasteiger partial charge is 0.422 e. The highest BCUT2D eigenvalue weighted by Gasteiger charge is 2.28. The lowest BCUT2D eigenvalue weighted by molar-refractivity contribution is -0.153. The normalized spacial score (nSPS) is 11.1. The maximum atomic E-state index is 11.9. The summed E-state index contributed by atoms with van der Waals surface area (Å²) < 4.78 is 44.5. The van der Waals surface area contributed by atoms with Gasteiger partial charge in [-0.15, -0.1) is 0 Å². The Morgan fingerprint density at radius 1 is 1.24 bits per heavy atom. The number of esters is 1. The summed E-state index contributed by atoms with van der Waals surface area (Å²) in [6.07, 6.45) is -4.28. The molecule has 0 unspecified atom stereocenters. The predicted octanol–water partition coefficient (Wildman–Crippen LogP) is 2.34. The fourth-order valence-electron chi connectivity index (χ4n) is 1.11. The van der Waals surface area contributed by atoms with E-state index in [2.05, 4.69) is 9.47 Å². The Hall–Kier alpha value is -1.72. The molecule has 0 aromatic heterocycles. The van der Waals surface area contributed by atoms with Gasteiger partial charge in [-0.1, -0.05) is 12.1 Å². The molecule has 1 aromatic rings. The summed E-state index contributed by atoms with van der Waals surface area (Å²) in [4.78, 5) is 10.9. The molecule has 0 amide bonds. The first kappa shape index (κ1) is 13.3. The number of halogens is 3. The van der Waals surface area contributed by atoms with Crippen molar-refractivity contribution in [2.75, 3.05) is 13.7 Å². The molecular formula is C11H11F3O3. The molecule has 0 heterocycles. The molecule has 17 heavy (non-hydrogen) atoms. The zero-order chi connectivity index (χ0) is 12.9. The van der Waals surface area contributed by atoms with Gasteiger partial charge in [-0.2, -0.15) is 13.2 Å². The molecule has 0 saturated heterocycles. The van der Waals surface area contributed by atoms with Crippen LogP contribution in [-0.2, 0) is 16.0 Å². The molecular weight excluding hydrogens is 237 g/mol. The van der Waals surface area contributed by atoms with Crippen molar-refractivity contribution in [1.29, 1.82) is 0 Å². The second-order valence-electron chi connectivity index (χ2n) is 3.30. The van der Waals surface area contributed by atoms with Gasteiger partial charge in [0, 0.05) is 0 Å². The largest absolute Gasteiger partial charge is 0.484 e. The second kappa shape index (κ2) is 5.56. The van der Waals surface area contributed by atoms with Crippen LogP contribution in [0, 0.1) is 0 Å². The van der Waals surface area contributed by atoms with E-state index >= 15 is 0 Å². The minimum absolute atomic E-state index is 0.0794. The number of ether oxygens (including phenoxy) is 2. The van der Waals surface area contributed by atoms with Crippen molar-refractivity contribution in [3.05, 3.63) is 29.8 Å². The van der Waals surface area contributed by atoms with E-state index in [0.717, 1.165) is 0 Å². The van der Waals surface area contributed by atoms with Crippen LogP contribution < -0.4 is 4.74 Å². The standard InChI is InChI=1S/C11H11F3O3/c1-16-10(15)6-8-2-4-9(5-3-8)17-7-11(12,13)14/h2-5H,6-7H2,1H3. The van der Waals surface area contributed by atoms with Gasteiger partial charge < -0.3 is 9.47 Å². The Balaban J connectivity index is 2.53. The Kier molecular flexibility index (Phi) is 4.37. The molecule has 0 atom stereocenters. The molecule has 0 N–H and O–H groups in total. The molecule has 1 rings (SSSR count).